The Hall–Kier alpha value is -7.62. The summed E-state index contributed by atoms with van der Waals surface area (Å²) in [6.45, 7) is 4.67. The molecule has 0 unspecified atom stereocenters. The van der Waals surface area contributed by atoms with E-state index in [2.05, 4.69) is 213 Å². The van der Waals surface area contributed by atoms with E-state index in [1.54, 1.807) is 0 Å². The Morgan fingerprint density at radius 3 is 1.72 bits per heavy atom. The third-order valence-corrected chi connectivity index (χ3v) is 12.8. The van der Waals surface area contributed by atoms with Gasteiger partial charge in [0.15, 0.2) is 5.82 Å². The molecular formula is C57H39N3. The molecule has 2 aromatic heterocycles. The van der Waals surface area contributed by atoms with Gasteiger partial charge in [0.05, 0.1) is 22.4 Å². The van der Waals surface area contributed by atoms with Crippen molar-refractivity contribution in [2.24, 2.45) is 0 Å². The minimum atomic E-state index is -0.131. The monoisotopic (exact) mass is 765 g/mol. The van der Waals surface area contributed by atoms with Crippen LogP contribution >= 0.6 is 0 Å². The highest BCUT2D eigenvalue weighted by molar-refractivity contribution is 6.14. The van der Waals surface area contributed by atoms with E-state index in [-0.39, 0.29) is 5.41 Å². The van der Waals surface area contributed by atoms with Crippen LogP contribution in [0.4, 0.5) is 0 Å². The normalized spacial score (nSPS) is 13.0. The van der Waals surface area contributed by atoms with Crippen molar-refractivity contribution in [3.05, 3.63) is 211 Å². The molecule has 0 aliphatic heterocycles. The molecule has 0 bridgehead atoms. The summed E-state index contributed by atoms with van der Waals surface area (Å²) in [5, 5.41) is 7.39. The molecule has 0 N–H and O–H groups in total. The van der Waals surface area contributed by atoms with Gasteiger partial charge in [-0.1, -0.05) is 166 Å². The van der Waals surface area contributed by atoms with Crippen molar-refractivity contribution < 1.29 is 0 Å². The molecule has 282 valence electrons. The summed E-state index contributed by atoms with van der Waals surface area (Å²) < 4.78 is 2.42. The molecule has 0 atom stereocenters. The second kappa shape index (κ2) is 13.2. The van der Waals surface area contributed by atoms with Crippen LogP contribution < -0.4 is 0 Å². The van der Waals surface area contributed by atoms with Gasteiger partial charge in [0.1, 0.15) is 0 Å². The van der Waals surface area contributed by atoms with Gasteiger partial charge in [0, 0.05) is 38.6 Å². The fourth-order valence-corrected chi connectivity index (χ4v) is 9.86. The first kappa shape index (κ1) is 34.4. The third-order valence-electron chi connectivity index (χ3n) is 12.8. The first-order valence-corrected chi connectivity index (χ1v) is 20.7. The van der Waals surface area contributed by atoms with Gasteiger partial charge < -0.3 is 4.57 Å². The maximum atomic E-state index is 5.41. The number of para-hydroxylation sites is 2. The Morgan fingerprint density at radius 1 is 0.367 bits per heavy atom. The van der Waals surface area contributed by atoms with Gasteiger partial charge in [-0.05, 0) is 103 Å². The van der Waals surface area contributed by atoms with E-state index in [0.717, 1.165) is 39.3 Å². The maximum Gasteiger partial charge on any atom is 0.160 e. The lowest BCUT2D eigenvalue weighted by Gasteiger charge is -2.22. The number of hydrogen-bond acceptors (Lipinski definition) is 2. The average Bonchev–Trinajstić information content (AvgIpc) is 3.77. The fraction of sp³-hybridized carbons (Fsp3) is 0.0526. The molecule has 2 heterocycles. The van der Waals surface area contributed by atoms with Crippen LogP contribution in [0.2, 0.25) is 0 Å². The van der Waals surface area contributed by atoms with Crippen molar-refractivity contribution in [1.29, 1.82) is 0 Å². The number of nitrogens with zero attached hydrogens (tertiary/aromatic N) is 3. The lowest BCUT2D eigenvalue weighted by atomic mass is 9.82. The Bertz CT molecular complexity index is 3470. The highest BCUT2D eigenvalue weighted by Gasteiger charge is 2.35. The fourth-order valence-electron chi connectivity index (χ4n) is 9.86. The first-order valence-electron chi connectivity index (χ1n) is 20.7. The van der Waals surface area contributed by atoms with E-state index < -0.39 is 0 Å². The standard InChI is InChI=1S/C57H39N3/c1-57(2)50-25-13-10-22-45(50)46-29-28-38(34-51(46)57)52-35-53(59-56(58-52)36-16-4-3-5-17-36)40-30-39(49-33-37-18-6-7-19-42(37)43-20-8-9-21-44(43)49)31-41(32-40)60-54-26-14-11-23-47(54)48-24-12-15-27-55(48)60/h3-35H,1-2H3. The van der Waals surface area contributed by atoms with Gasteiger partial charge in [0.25, 0.3) is 0 Å². The largest absolute Gasteiger partial charge is 0.309 e. The van der Waals surface area contributed by atoms with E-state index in [9.17, 15) is 0 Å². The number of benzene rings is 9. The summed E-state index contributed by atoms with van der Waals surface area (Å²) >= 11 is 0. The maximum absolute atomic E-state index is 5.41. The number of hydrogen-bond donors (Lipinski definition) is 0. The molecule has 0 amide bonds. The van der Waals surface area contributed by atoms with Crippen molar-refractivity contribution in [3.8, 4) is 61.8 Å². The molecule has 1 aliphatic rings. The lowest BCUT2D eigenvalue weighted by Crippen LogP contribution is -2.14. The van der Waals surface area contributed by atoms with Crippen molar-refractivity contribution in [2.75, 3.05) is 0 Å². The number of fused-ring (bicyclic) bond motifs is 9. The van der Waals surface area contributed by atoms with Gasteiger partial charge >= 0.3 is 0 Å². The van der Waals surface area contributed by atoms with Crippen LogP contribution in [0.5, 0.6) is 0 Å². The number of aromatic nitrogens is 3. The lowest BCUT2D eigenvalue weighted by molar-refractivity contribution is 0.660. The second-order valence-corrected chi connectivity index (χ2v) is 16.6. The average molecular weight is 766 g/mol. The van der Waals surface area contributed by atoms with Crippen LogP contribution in [-0.4, -0.2) is 14.5 Å². The molecular weight excluding hydrogens is 727 g/mol. The summed E-state index contributed by atoms with van der Waals surface area (Å²) in [6.07, 6.45) is 0. The minimum absolute atomic E-state index is 0.131. The van der Waals surface area contributed by atoms with Crippen LogP contribution in [-0.2, 0) is 5.41 Å². The van der Waals surface area contributed by atoms with Gasteiger partial charge in [-0.3, -0.25) is 0 Å². The molecule has 3 heteroatoms. The molecule has 0 saturated heterocycles. The quantitative estimate of drug-likeness (QED) is 0.163. The van der Waals surface area contributed by atoms with Gasteiger partial charge in [0.2, 0.25) is 0 Å². The van der Waals surface area contributed by atoms with Gasteiger partial charge in [-0.15, -0.1) is 0 Å². The highest BCUT2D eigenvalue weighted by atomic mass is 15.0. The summed E-state index contributed by atoms with van der Waals surface area (Å²) in [7, 11) is 0. The van der Waals surface area contributed by atoms with Crippen molar-refractivity contribution in [2.45, 2.75) is 19.3 Å². The highest BCUT2D eigenvalue weighted by Crippen LogP contribution is 2.50. The Labute approximate surface area is 348 Å². The second-order valence-electron chi connectivity index (χ2n) is 16.6. The van der Waals surface area contributed by atoms with Crippen molar-refractivity contribution >= 4 is 43.4 Å². The predicted octanol–water partition coefficient (Wildman–Crippen LogP) is 14.9. The molecule has 60 heavy (non-hydrogen) atoms. The summed E-state index contributed by atoms with van der Waals surface area (Å²) in [6, 6.07) is 72.6. The molecule has 0 spiro atoms. The molecule has 0 radical (unpaired) electrons. The predicted molar refractivity (Wildman–Crippen MR) is 251 cm³/mol. The zero-order valence-electron chi connectivity index (χ0n) is 33.4. The molecule has 12 rings (SSSR count). The minimum Gasteiger partial charge on any atom is -0.309 e. The van der Waals surface area contributed by atoms with E-state index in [0.29, 0.717) is 5.82 Å². The third kappa shape index (κ3) is 5.29. The van der Waals surface area contributed by atoms with Crippen LogP contribution in [0.3, 0.4) is 0 Å². The Balaban J connectivity index is 1.14. The molecule has 0 saturated carbocycles. The van der Waals surface area contributed by atoms with Crippen molar-refractivity contribution in [1.82, 2.24) is 14.5 Å². The summed E-state index contributed by atoms with van der Waals surface area (Å²) in [4.78, 5) is 10.7. The Kier molecular flexibility index (Phi) is 7.58. The smallest absolute Gasteiger partial charge is 0.160 e. The van der Waals surface area contributed by atoms with Gasteiger partial charge in [-0.2, -0.15) is 0 Å². The van der Waals surface area contributed by atoms with E-state index in [4.69, 9.17) is 9.97 Å². The molecule has 0 fully saturated rings. The summed E-state index contributed by atoms with van der Waals surface area (Å²) in [5.41, 5.74) is 15.7. The molecule has 11 aromatic rings. The zero-order valence-corrected chi connectivity index (χ0v) is 33.4. The molecule has 9 aromatic carbocycles. The SMILES string of the molecule is CC1(C)c2ccccc2-c2ccc(-c3cc(-c4cc(-c5cc6ccccc6c6ccccc56)cc(-n5c6ccccc6c6ccccc65)c4)nc(-c4ccccc4)n3)cc21. The van der Waals surface area contributed by atoms with Crippen molar-refractivity contribution in [3.63, 3.8) is 0 Å². The van der Waals surface area contributed by atoms with Gasteiger partial charge in [-0.25, -0.2) is 9.97 Å². The van der Waals surface area contributed by atoms with Crippen LogP contribution in [0.1, 0.15) is 25.0 Å². The topological polar surface area (TPSA) is 30.7 Å². The molecule has 3 nitrogen and oxygen atoms in total. The van der Waals surface area contributed by atoms with E-state index in [1.807, 2.05) is 6.07 Å². The van der Waals surface area contributed by atoms with E-state index in [1.165, 1.54) is 71.2 Å². The summed E-state index contributed by atoms with van der Waals surface area (Å²) in [5.74, 6) is 0.700. The molecule has 1 aliphatic carbocycles. The van der Waals surface area contributed by atoms with Crippen LogP contribution in [0.25, 0.3) is 105 Å². The van der Waals surface area contributed by atoms with E-state index >= 15 is 0 Å². The Morgan fingerprint density at radius 2 is 0.950 bits per heavy atom. The first-order chi connectivity index (χ1) is 29.5. The zero-order chi connectivity index (χ0) is 40.0. The van der Waals surface area contributed by atoms with Crippen LogP contribution in [0, 0.1) is 0 Å². The van der Waals surface area contributed by atoms with Crippen LogP contribution in [0.15, 0.2) is 200 Å². The number of rotatable bonds is 5.